The van der Waals surface area contributed by atoms with Crippen LogP contribution in [0.5, 0.6) is 0 Å². The first kappa shape index (κ1) is 18.6. The van der Waals surface area contributed by atoms with Gasteiger partial charge >= 0.3 is 0 Å². The SMILES string of the molecule is CCOCCCNC(=NC)NCc1nnc2ccccn12.I. The average molecular weight is 418 g/mol. The summed E-state index contributed by atoms with van der Waals surface area (Å²) in [7, 11) is 1.75. The maximum Gasteiger partial charge on any atom is 0.191 e. The first-order chi connectivity index (χ1) is 10.3. The van der Waals surface area contributed by atoms with E-state index in [4.69, 9.17) is 4.74 Å². The Kier molecular flexibility index (Phi) is 8.75. The Bertz CT molecular complexity index is 585. The normalized spacial score (nSPS) is 11.3. The van der Waals surface area contributed by atoms with Gasteiger partial charge in [0.15, 0.2) is 17.4 Å². The van der Waals surface area contributed by atoms with Crippen molar-refractivity contribution in [2.75, 3.05) is 26.8 Å². The van der Waals surface area contributed by atoms with E-state index in [1.807, 2.05) is 35.7 Å². The van der Waals surface area contributed by atoms with Crippen LogP contribution < -0.4 is 10.6 Å². The lowest BCUT2D eigenvalue weighted by atomic mass is 10.4. The highest BCUT2D eigenvalue weighted by atomic mass is 127. The Hall–Kier alpha value is -1.42. The quantitative estimate of drug-likeness (QED) is 0.308. The largest absolute Gasteiger partial charge is 0.382 e. The molecule has 0 bridgehead atoms. The van der Waals surface area contributed by atoms with Gasteiger partial charge in [0, 0.05) is 33.0 Å². The van der Waals surface area contributed by atoms with E-state index >= 15 is 0 Å². The van der Waals surface area contributed by atoms with Gasteiger partial charge in [-0.2, -0.15) is 0 Å². The van der Waals surface area contributed by atoms with E-state index in [1.54, 1.807) is 7.05 Å². The van der Waals surface area contributed by atoms with Gasteiger partial charge in [0.05, 0.1) is 6.54 Å². The van der Waals surface area contributed by atoms with Crippen molar-refractivity contribution < 1.29 is 4.74 Å². The summed E-state index contributed by atoms with van der Waals surface area (Å²) in [4.78, 5) is 4.18. The minimum atomic E-state index is 0. The number of guanidine groups is 1. The van der Waals surface area contributed by atoms with Gasteiger partial charge in [-0.1, -0.05) is 6.07 Å². The number of ether oxygens (including phenoxy) is 1. The molecule has 0 amide bonds. The van der Waals surface area contributed by atoms with Crippen molar-refractivity contribution in [2.45, 2.75) is 19.9 Å². The van der Waals surface area contributed by atoms with Gasteiger partial charge in [-0.15, -0.1) is 34.2 Å². The predicted octanol–water partition coefficient (Wildman–Crippen LogP) is 1.44. The molecule has 122 valence electrons. The Morgan fingerprint density at radius 3 is 2.95 bits per heavy atom. The number of fused-ring (bicyclic) bond motifs is 1. The standard InChI is InChI=1S/C14H22N6O.HI/c1-3-21-10-6-8-16-14(15-2)17-11-13-19-18-12-7-4-5-9-20(12)13;/h4-5,7,9H,3,6,8,10-11H2,1-2H3,(H2,15,16,17);1H. The zero-order chi connectivity index (χ0) is 14.9. The van der Waals surface area contributed by atoms with Crippen molar-refractivity contribution >= 4 is 35.6 Å². The molecular formula is C14H23IN6O. The van der Waals surface area contributed by atoms with Gasteiger partial charge in [-0.05, 0) is 25.5 Å². The van der Waals surface area contributed by atoms with Crippen LogP contribution in [0.15, 0.2) is 29.4 Å². The highest BCUT2D eigenvalue weighted by Crippen LogP contribution is 2.02. The first-order valence-electron chi connectivity index (χ1n) is 7.16. The van der Waals surface area contributed by atoms with E-state index in [2.05, 4.69) is 25.8 Å². The predicted molar refractivity (Wildman–Crippen MR) is 97.7 cm³/mol. The van der Waals surface area contributed by atoms with Gasteiger partial charge in [0.2, 0.25) is 0 Å². The van der Waals surface area contributed by atoms with Crippen LogP contribution in [0.2, 0.25) is 0 Å². The second-order valence-corrected chi connectivity index (χ2v) is 4.45. The van der Waals surface area contributed by atoms with Crippen LogP contribution in [-0.4, -0.2) is 47.4 Å². The number of hydrogen-bond donors (Lipinski definition) is 2. The van der Waals surface area contributed by atoms with E-state index in [9.17, 15) is 0 Å². The summed E-state index contributed by atoms with van der Waals surface area (Å²) >= 11 is 0. The van der Waals surface area contributed by atoms with Crippen molar-refractivity contribution in [3.05, 3.63) is 30.2 Å². The summed E-state index contributed by atoms with van der Waals surface area (Å²) < 4.78 is 7.25. The molecule has 0 radical (unpaired) electrons. The second kappa shape index (κ2) is 10.3. The van der Waals surface area contributed by atoms with Crippen molar-refractivity contribution in [3.63, 3.8) is 0 Å². The smallest absolute Gasteiger partial charge is 0.191 e. The minimum absolute atomic E-state index is 0. The monoisotopic (exact) mass is 418 g/mol. The van der Waals surface area contributed by atoms with Crippen molar-refractivity contribution in [1.29, 1.82) is 0 Å². The van der Waals surface area contributed by atoms with E-state index < -0.39 is 0 Å². The molecule has 0 fully saturated rings. The fraction of sp³-hybridized carbons (Fsp3) is 0.500. The van der Waals surface area contributed by atoms with Crippen LogP contribution in [0.1, 0.15) is 19.2 Å². The summed E-state index contributed by atoms with van der Waals surface area (Å²) in [5.41, 5.74) is 0.842. The number of aromatic nitrogens is 3. The maximum atomic E-state index is 5.29. The molecule has 0 aliphatic heterocycles. The molecule has 2 aromatic rings. The molecule has 2 rings (SSSR count). The molecule has 0 saturated carbocycles. The highest BCUT2D eigenvalue weighted by Gasteiger charge is 2.05. The van der Waals surface area contributed by atoms with Gasteiger partial charge in [-0.3, -0.25) is 9.39 Å². The van der Waals surface area contributed by atoms with Gasteiger partial charge in [-0.25, -0.2) is 0 Å². The van der Waals surface area contributed by atoms with Gasteiger partial charge in [0.1, 0.15) is 0 Å². The van der Waals surface area contributed by atoms with Gasteiger partial charge in [0.25, 0.3) is 0 Å². The summed E-state index contributed by atoms with van der Waals surface area (Å²) in [6.45, 7) is 4.90. The number of pyridine rings is 1. The fourth-order valence-electron chi connectivity index (χ4n) is 1.92. The molecule has 22 heavy (non-hydrogen) atoms. The van der Waals surface area contributed by atoms with Crippen LogP contribution in [0.4, 0.5) is 0 Å². The molecule has 2 aromatic heterocycles. The Morgan fingerprint density at radius 1 is 1.32 bits per heavy atom. The van der Waals surface area contributed by atoms with Crippen LogP contribution in [0.3, 0.4) is 0 Å². The number of nitrogens with one attached hydrogen (secondary N) is 2. The lowest BCUT2D eigenvalue weighted by Crippen LogP contribution is -2.38. The molecule has 0 aromatic carbocycles. The zero-order valence-electron chi connectivity index (χ0n) is 13.0. The molecule has 8 heteroatoms. The molecule has 2 heterocycles. The van der Waals surface area contributed by atoms with E-state index in [0.717, 1.165) is 43.6 Å². The topological polar surface area (TPSA) is 75.8 Å². The van der Waals surface area contributed by atoms with Crippen LogP contribution in [0, 0.1) is 0 Å². The third-order valence-electron chi connectivity index (χ3n) is 2.98. The lowest BCUT2D eigenvalue weighted by Gasteiger charge is -2.11. The number of halogens is 1. The third kappa shape index (κ3) is 5.41. The molecule has 7 nitrogen and oxygen atoms in total. The first-order valence-corrected chi connectivity index (χ1v) is 7.16. The fourth-order valence-corrected chi connectivity index (χ4v) is 1.92. The maximum absolute atomic E-state index is 5.29. The summed E-state index contributed by atoms with van der Waals surface area (Å²) in [5.74, 6) is 1.60. The Morgan fingerprint density at radius 2 is 2.18 bits per heavy atom. The number of hydrogen-bond acceptors (Lipinski definition) is 4. The third-order valence-corrected chi connectivity index (χ3v) is 2.98. The molecule has 0 atom stereocenters. The summed E-state index contributed by atoms with van der Waals surface area (Å²) in [6, 6.07) is 5.83. The average Bonchev–Trinajstić information content (AvgIpc) is 2.93. The number of rotatable bonds is 7. The molecule has 0 aliphatic rings. The molecule has 0 unspecified atom stereocenters. The van der Waals surface area contributed by atoms with E-state index in [-0.39, 0.29) is 24.0 Å². The van der Waals surface area contributed by atoms with E-state index in [1.165, 1.54) is 0 Å². The minimum Gasteiger partial charge on any atom is -0.382 e. The molecule has 2 N–H and O–H groups in total. The Balaban J connectivity index is 0.00000242. The highest BCUT2D eigenvalue weighted by molar-refractivity contribution is 14.0. The molecular weight excluding hydrogens is 395 g/mol. The summed E-state index contributed by atoms with van der Waals surface area (Å²) in [5, 5.41) is 14.8. The van der Waals surface area contributed by atoms with E-state index in [0.29, 0.717) is 6.54 Å². The zero-order valence-corrected chi connectivity index (χ0v) is 15.3. The molecule has 0 saturated heterocycles. The van der Waals surface area contributed by atoms with Crippen molar-refractivity contribution in [2.24, 2.45) is 4.99 Å². The van der Waals surface area contributed by atoms with Crippen molar-refractivity contribution in [3.8, 4) is 0 Å². The lowest BCUT2D eigenvalue weighted by molar-refractivity contribution is 0.145. The number of aliphatic imine (C=N–C) groups is 1. The molecule has 0 spiro atoms. The van der Waals surface area contributed by atoms with Crippen LogP contribution >= 0.6 is 24.0 Å². The molecule has 0 aliphatic carbocycles. The van der Waals surface area contributed by atoms with Crippen molar-refractivity contribution in [1.82, 2.24) is 25.2 Å². The van der Waals surface area contributed by atoms with Gasteiger partial charge < -0.3 is 15.4 Å². The van der Waals surface area contributed by atoms with Crippen LogP contribution in [0.25, 0.3) is 5.65 Å². The Labute approximate surface area is 147 Å². The second-order valence-electron chi connectivity index (χ2n) is 4.45. The summed E-state index contributed by atoms with van der Waals surface area (Å²) in [6.07, 6.45) is 2.90. The number of nitrogens with zero attached hydrogens (tertiary/aromatic N) is 4. The van der Waals surface area contributed by atoms with Crippen LogP contribution in [-0.2, 0) is 11.3 Å².